The van der Waals surface area contributed by atoms with Gasteiger partial charge in [0.05, 0.1) is 28.1 Å². The summed E-state index contributed by atoms with van der Waals surface area (Å²) < 4.78 is 1.81. The molecule has 37 heavy (non-hydrogen) atoms. The van der Waals surface area contributed by atoms with E-state index in [1.54, 1.807) is 6.20 Å². The van der Waals surface area contributed by atoms with Gasteiger partial charge in [0.25, 0.3) is 11.8 Å². The van der Waals surface area contributed by atoms with Gasteiger partial charge in [-0.1, -0.05) is 24.3 Å². The van der Waals surface area contributed by atoms with Crippen molar-refractivity contribution in [1.82, 2.24) is 19.7 Å². The van der Waals surface area contributed by atoms with Gasteiger partial charge in [0.2, 0.25) is 0 Å². The molecule has 0 atom stereocenters. The first kappa shape index (κ1) is 23.6. The number of anilines is 1. The number of carbonyl (C=O) groups is 2. The molecule has 4 aromatic rings. The van der Waals surface area contributed by atoms with Gasteiger partial charge in [-0.25, -0.2) is 9.67 Å². The van der Waals surface area contributed by atoms with Crippen molar-refractivity contribution in [1.29, 1.82) is 0 Å². The summed E-state index contributed by atoms with van der Waals surface area (Å²) in [6.07, 6.45) is 6.72. The quantitative estimate of drug-likeness (QED) is 0.389. The molecule has 0 spiro atoms. The Morgan fingerprint density at radius 3 is 2.62 bits per heavy atom. The van der Waals surface area contributed by atoms with E-state index in [0.717, 1.165) is 47.8 Å². The number of likely N-dealkylation sites (tertiary alicyclic amines) is 1. The second-order valence-electron chi connectivity index (χ2n) is 9.82. The van der Waals surface area contributed by atoms with Crippen molar-refractivity contribution in [3.8, 4) is 5.69 Å². The highest BCUT2D eigenvalue weighted by Crippen LogP contribution is 2.32. The molecule has 2 aliphatic rings. The fourth-order valence-electron chi connectivity index (χ4n) is 5.37. The fraction of sp³-hybridized carbons (Fsp3) is 0.310. The molecule has 188 valence electrons. The minimum absolute atomic E-state index is 0.0201. The Morgan fingerprint density at radius 1 is 1.03 bits per heavy atom. The second-order valence-corrected chi connectivity index (χ2v) is 10.7. The van der Waals surface area contributed by atoms with E-state index in [4.69, 9.17) is 0 Å². The summed E-state index contributed by atoms with van der Waals surface area (Å²) >= 11 is 1.54. The number of nitrogens with zero attached hydrogens (tertiary/aromatic N) is 4. The van der Waals surface area contributed by atoms with Gasteiger partial charge in [0, 0.05) is 30.1 Å². The molecule has 3 heterocycles. The average Bonchev–Trinajstić information content (AvgIpc) is 3.69. The first-order chi connectivity index (χ1) is 18.1. The predicted molar refractivity (Wildman–Crippen MR) is 145 cm³/mol. The standard InChI is InChI=1S/C29H29N5O2S/c1-19-25(17-30-34(19)24-8-3-2-4-9-24)29(36)33-14-12-21(13-15-33)28-32-26(18-37-28)27(35)31-23-11-10-20-6-5-7-22(20)16-23/h2-4,8-11,16-18,21H,5-7,12-15H2,1H3,(H,31,35). The van der Waals surface area contributed by atoms with E-state index in [1.165, 1.54) is 28.9 Å². The van der Waals surface area contributed by atoms with Crippen LogP contribution < -0.4 is 5.32 Å². The highest BCUT2D eigenvalue weighted by atomic mass is 32.1. The zero-order valence-corrected chi connectivity index (χ0v) is 21.6. The van der Waals surface area contributed by atoms with Crippen LogP contribution in [0.5, 0.6) is 0 Å². The summed E-state index contributed by atoms with van der Waals surface area (Å²) in [5.74, 6) is 0.106. The van der Waals surface area contributed by atoms with Crippen molar-refractivity contribution in [3.05, 3.63) is 93.2 Å². The molecule has 6 rings (SSSR count). The fourth-order valence-corrected chi connectivity index (χ4v) is 6.34. The first-order valence-electron chi connectivity index (χ1n) is 12.8. The largest absolute Gasteiger partial charge is 0.338 e. The predicted octanol–water partition coefficient (Wildman–Crippen LogP) is 5.40. The van der Waals surface area contributed by atoms with Crippen LogP contribution in [0.2, 0.25) is 0 Å². The van der Waals surface area contributed by atoms with E-state index < -0.39 is 0 Å². The highest BCUT2D eigenvalue weighted by molar-refractivity contribution is 7.10. The molecule has 1 aliphatic carbocycles. The van der Waals surface area contributed by atoms with E-state index in [-0.39, 0.29) is 17.7 Å². The number of nitrogens with one attached hydrogen (secondary N) is 1. The second kappa shape index (κ2) is 9.94. The average molecular weight is 512 g/mol. The van der Waals surface area contributed by atoms with Crippen LogP contribution >= 0.6 is 11.3 Å². The van der Waals surface area contributed by atoms with Crippen LogP contribution in [0, 0.1) is 6.92 Å². The number of piperidine rings is 1. The van der Waals surface area contributed by atoms with Gasteiger partial charge < -0.3 is 10.2 Å². The SMILES string of the molecule is Cc1c(C(=O)N2CCC(c3nc(C(=O)Nc4ccc5c(c4)CCC5)cs3)CC2)cnn1-c1ccccc1. The normalized spacial score (nSPS) is 15.5. The number of aromatic nitrogens is 3. The van der Waals surface area contributed by atoms with Gasteiger partial charge in [-0.15, -0.1) is 11.3 Å². The number of thiazole rings is 1. The molecule has 7 nitrogen and oxygen atoms in total. The Bertz CT molecular complexity index is 1450. The third kappa shape index (κ3) is 4.69. The molecule has 2 aromatic heterocycles. The molecule has 1 fully saturated rings. The minimum atomic E-state index is -0.168. The van der Waals surface area contributed by atoms with E-state index in [2.05, 4.69) is 27.5 Å². The summed E-state index contributed by atoms with van der Waals surface area (Å²) in [4.78, 5) is 32.6. The van der Waals surface area contributed by atoms with Gasteiger partial charge >= 0.3 is 0 Å². The molecule has 1 saturated heterocycles. The molecule has 0 bridgehead atoms. The topological polar surface area (TPSA) is 80.1 Å². The monoisotopic (exact) mass is 511 g/mol. The number of rotatable bonds is 5. The third-order valence-electron chi connectivity index (χ3n) is 7.48. The Kier molecular flexibility index (Phi) is 6.34. The highest BCUT2D eigenvalue weighted by Gasteiger charge is 2.28. The lowest BCUT2D eigenvalue weighted by molar-refractivity contribution is 0.0712. The Balaban J connectivity index is 1.07. The number of benzene rings is 2. The van der Waals surface area contributed by atoms with Gasteiger partial charge in [-0.05, 0) is 74.4 Å². The van der Waals surface area contributed by atoms with Crippen molar-refractivity contribution >= 4 is 28.8 Å². The molecule has 0 unspecified atom stereocenters. The van der Waals surface area contributed by atoms with Crippen molar-refractivity contribution in [3.63, 3.8) is 0 Å². The van der Waals surface area contributed by atoms with Crippen LogP contribution in [0.15, 0.2) is 60.1 Å². The molecule has 0 radical (unpaired) electrons. The van der Waals surface area contributed by atoms with Crippen molar-refractivity contribution in [2.45, 2.75) is 44.9 Å². The van der Waals surface area contributed by atoms with Crippen molar-refractivity contribution in [2.24, 2.45) is 0 Å². The molecule has 2 aromatic carbocycles. The van der Waals surface area contributed by atoms with Gasteiger partial charge in [-0.3, -0.25) is 9.59 Å². The van der Waals surface area contributed by atoms with E-state index >= 15 is 0 Å². The summed E-state index contributed by atoms with van der Waals surface area (Å²) in [6, 6.07) is 16.0. The third-order valence-corrected chi connectivity index (χ3v) is 8.49. The summed E-state index contributed by atoms with van der Waals surface area (Å²) in [7, 11) is 0. The van der Waals surface area contributed by atoms with Crippen LogP contribution in [0.4, 0.5) is 5.69 Å². The Labute approximate surface area is 220 Å². The van der Waals surface area contributed by atoms with Gasteiger partial charge in [0.1, 0.15) is 5.69 Å². The summed E-state index contributed by atoms with van der Waals surface area (Å²) in [5.41, 5.74) is 6.44. The number of hydrogen-bond acceptors (Lipinski definition) is 5. The number of para-hydroxylation sites is 1. The van der Waals surface area contributed by atoms with E-state index in [9.17, 15) is 9.59 Å². The minimum Gasteiger partial charge on any atom is -0.338 e. The van der Waals surface area contributed by atoms with Crippen molar-refractivity contribution < 1.29 is 9.59 Å². The van der Waals surface area contributed by atoms with E-state index in [0.29, 0.717) is 24.3 Å². The van der Waals surface area contributed by atoms with Crippen LogP contribution in [0.3, 0.4) is 0 Å². The molecule has 0 saturated carbocycles. The number of carbonyl (C=O) groups excluding carboxylic acids is 2. The Hall–Kier alpha value is -3.78. The van der Waals surface area contributed by atoms with E-state index in [1.807, 2.05) is 58.3 Å². The number of aryl methyl sites for hydroxylation is 2. The van der Waals surface area contributed by atoms with Crippen LogP contribution in [0.25, 0.3) is 5.69 Å². The molecular weight excluding hydrogens is 482 g/mol. The van der Waals surface area contributed by atoms with Crippen LogP contribution in [-0.2, 0) is 12.8 Å². The molecule has 8 heteroatoms. The zero-order valence-electron chi connectivity index (χ0n) is 20.8. The maximum Gasteiger partial charge on any atom is 0.275 e. The summed E-state index contributed by atoms with van der Waals surface area (Å²) in [5, 5.41) is 10.3. The number of fused-ring (bicyclic) bond motifs is 1. The zero-order chi connectivity index (χ0) is 25.4. The lowest BCUT2D eigenvalue weighted by Crippen LogP contribution is -2.38. The first-order valence-corrected chi connectivity index (χ1v) is 13.7. The number of amides is 2. The van der Waals surface area contributed by atoms with Crippen molar-refractivity contribution in [2.75, 3.05) is 18.4 Å². The molecule has 1 N–H and O–H groups in total. The summed E-state index contributed by atoms with van der Waals surface area (Å²) in [6.45, 7) is 3.26. The molecule has 2 amide bonds. The Morgan fingerprint density at radius 2 is 1.81 bits per heavy atom. The van der Waals surface area contributed by atoms with Crippen LogP contribution in [0.1, 0.15) is 67.9 Å². The molecule has 1 aliphatic heterocycles. The smallest absolute Gasteiger partial charge is 0.275 e. The number of hydrogen-bond donors (Lipinski definition) is 1. The van der Waals surface area contributed by atoms with Crippen LogP contribution in [-0.4, -0.2) is 44.6 Å². The maximum absolute atomic E-state index is 13.3. The lowest BCUT2D eigenvalue weighted by atomic mass is 9.97. The lowest BCUT2D eigenvalue weighted by Gasteiger charge is -2.31. The maximum atomic E-state index is 13.3. The molecular formula is C29H29N5O2S. The van der Waals surface area contributed by atoms with Gasteiger partial charge in [-0.2, -0.15) is 5.10 Å². The van der Waals surface area contributed by atoms with Gasteiger partial charge in [0.15, 0.2) is 0 Å².